The molecule has 1 rings (SSSR count). The molecule has 2 N–H and O–H groups in total. The molecule has 0 heterocycles. The third-order valence-electron chi connectivity index (χ3n) is 3.16. The average Bonchev–Trinajstić information content (AvgIpc) is 2.26. The maximum atomic E-state index is 11.2. The van der Waals surface area contributed by atoms with Gasteiger partial charge in [-0.2, -0.15) is 0 Å². The Morgan fingerprint density at radius 1 is 1.28 bits per heavy atom. The van der Waals surface area contributed by atoms with E-state index in [2.05, 4.69) is 5.32 Å². The molecular formula is C14H21NO3. The van der Waals surface area contributed by atoms with Crippen molar-refractivity contribution in [3.8, 4) is 5.75 Å². The van der Waals surface area contributed by atoms with Gasteiger partial charge in [0, 0.05) is 0 Å². The maximum absolute atomic E-state index is 11.2. The largest absolute Gasteiger partial charge is 0.494 e. The molecule has 0 atom stereocenters. The molecule has 0 saturated carbocycles. The minimum absolute atomic E-state index is 0.710. The van der Waals surface area contributed by atoms with Crippen LogP contribution in [0.1, 0.15) is 30.5 Å². The summed E-state index contributed by atoms with van der Waals surface area (Å²) < 4.78 is 5.41. The molecule has 0 aliphatic heterocycles. The first-order chi connectivity index (χ1) is 8.20. The van der Waals surface area contributed by atoms with Crippen LogP contribution in [0.25, 0.3) is 0 Å². The van der Waals surface area contributed by atoms with Gasteiger partial charge in [-0.1, -0.05) is 6.07 Å². The third-order valence-corrected chi connectivity index (χ3v) is 3.16. The van der Waals surface area contributed by atoms with Crippen LogP contribution in [0.15, 0.2) is 6.07 Å². The Kier molecular flexibility index (Phi) is 3.89. The van der Waals surface area contributed by atoms with Crippen LogP contribution in [0.3, 0.4) is 0 Å². The van der Waals surface area contributed by atoms with Gasteiger partial charge in [0.15, 0.2) is 0 Å². The highest BCUT2D eigenvalue weighted by molar-refractivity contribution is 5.83. The Balaban J connectivity index is 3.33. The van der Waals surface area contributed by atoms with Gasteiger partial charge in [0.1, 0.15) is 11.3 Å². The van der Waals surface area contributed by atoms with E-state index in [1.165, 1.54) is 0 Å². The summed E-state index contributed by atoms with van der Waals surface area (Å²) in [5.41, 5.74) is 2.83. The number of anilines is 1. The smallest absolute Gasteiger partial charge is 0.328 e. The molecule has 0 aromatic heterocycles. The normalized spacial score (nSPS) is 11.2. The number of ether oxygens (including phenoxy) is 1. The van der Waals surface area contributed by atoms with Crippen molar-refractivity contribution in [3.05, 3.63) is 22.8 Å². The third kappa shape index (κ3) is 2.58. The van der Waals surface area contributed by atoms with Gasteiger partial charge in [-0.3, -0.25) is 0 Å². The van der Waals surface area contributed by atoms with Gasteiger partial charge < -0.3 is 15.2 Å². The molecule has 1 aromatic carbocycles. The molecular weight excluding hydrogens is 230 g/mol. The predicted molar refractivity (Wildman–Crippen MR) is 72.5 cm³/mol. The van der Waals surface area contributed by atoms with Gasteiger partial charge in [0.25, 0.3) is 0 Å². The summed E-state index contributed by atoms with van der Waals surface area (Å²) >= 11 is 0. The Morgan fingerprint density at radius 2 is 1.83 bits per heavy atom. The quantitative estimate of drug-likeness (QED) is 0.864. The lowest BCUT2D eigenvalue weighted by molar-refractivity contribution is -0.141. The number of rotatable bonds is 4. The number of methoxy groups -OCH3 is 1. The first kappa shape index (κ1) is 14.4. The maximum Gasteiger partial charge on any atom is 0.328 e. The van der Waals surface area contributed by atoms with Crippen molar-refractivity contribution in [2.75, 3.05) is 12.4 Å². The summed E-state index contributed by atoms with van der Waals surface area (Å²) in [5.74, 6) is -0.191. The Bertz CT molecular complexity index is 478. The van der Waals surface area contributed by atoms with E-state index in [1.54, 1.807) is 21.0 Å². The number of carboxylic acids is 1. The monoisotopic (exact) mass is 251 g/mol. The van der Waals surface area contributed by atoms with E-state index in [1.807, 2.05) is 26.8 Å². The SMILES string of the molecule is COc1c(C)c(C)cc(C)c1NC(C)(C)C(=O)O. The first-order valence-electron chi connectivity index (χ1n) is 5.87. The lowest BCUT2D eigenvalue weighted by Crippen LogP contribution is -2.40. The molecule has 0 spiro atoms. The first-order valence-corrected chi connectivity index (χ1v) is 5.87. The molecule has 4 heteroatoms. The van der Waals surface area contributed by atoms with Crippen molar-refractivity contribution < 1.29 is 14.6 Å². The van der Waals surface area contributed by atoms with Crippen LogP contribution < -0.4 is 10.1 Å². The lowest BCUT2D eigenvalue weighted by atomic mass is 9.99. The van der Waals surface area contributed by atoms with Crippen molar-refractivity contribution in [2.24, 2.45) is 0 Å². The highest BCUT2D eigenvalue weighted by Gasteiger charge is 2.29. The summed E-state index contributed by atoms with van der Waals surface area (Å²) in [6, 6.07) is 2.03. The highest BCUT2D eigenvalue weighted by atomic mass is 16.5. The van der Waals surface area contributed by atoms with Crippen LogP contribution in [0.4, 0.5) is 5.69 Å². The van der Waals surface area contributed by atoms with Crippen LogP contribution in [-0.2, 0) is 4.79 Å². The van der Waals surface area contributed by atoms with E-state index >= 15 is 0 Å². The van der Waals surface area contributed by atoms with E-state index in [0.29, 0.717) is 5.75 Å². The minimum Gasteiger partial charge on any atom is -0.494 e. The Morgan fingerprint density at radius 3 is 2.28 bits per heavy atom. The van der Waals surface area contributed by atoms with Crippen LogP contribution in [0, 0.1) is 20.8 Å². The highest BCUT2D eigenvalue weighted by Crippen LogP contribution is 2.35. The van der Waals surface area contributed by atoms with Crippen LogP contribution in [0.2, 0.25) is 0 Å². The number of hydrogen-bond donors (Lipinski definition) is 2. The van der Waals surface area contributed by atoms with E-state index in [4.69, 9.17) is 4.74 Å². The number of aliphatic carboxylic acids is 1. The molecule has 0 fully saturated rings. The number of benzene rings is 1. The average molecular weight is 251 g/mol. The summed E-state index contributed by atoms with van der Waals surface area (Å²) in [6.45, 7) is 9.17. The number of carboxylic acid groups (broad SMARTS) is 1. The molecule has 0 bridgehead atoms. The molecule has 1 aromatic rings. The summed E-state index contributed by atoms with van der Waals surface area (Å²) in [6.07, 6.45) is 0. The Labute approximate surface area is 108 Å². The van der Waals surface area contributed by atoms with Crippen LogP contribution in [0.5, 0.6) is 5.75 Å². The molecule has 0 aliphatic rings. The van der Waals surface area contributed by atoms with E-state index in [9.17, 15) is 9.90 Å². The van der Waals surface area contributed by atoms with E-state index in [0.717, 1.165) is 22.4 Å². The number of nitrogens with one attached hydrogen (secondary N) is 1. The fraction of sp³-hybridized carbons (Fsp3) is 0.500. The fourth-order valence-corrected chi connectivity index (χ4v) is 1.83. The fourth-order valence-electron chi connectivity index (χ4n) is 1.83. The zero-order chi connectivity index (χ0) is 14.1. The minimum atomic E-state index is -1.04. The topological polar surface area (TPSA) is 58.6 Å². The van der Waals surface area contributed by atoms with Crippen LogP contribution >= 0.6 is 0 Å². The summed E-state index contributed by atoms with van der Waals surface area (Å²) in [4.78, 5) is 11.2. The van der Waals surface area contributed by atoms with Crippen LogP contribution in [-0.4, -0.2) is 23.7 Å². The molecule has 4 nitrogen and oxygen atoms in total. The zero-order valence-corrected chi connectivity index (χ0v) is 11.8. The molecule has 0 unspecified atom stereocenters. The van der Waals surface area contributed by atoms with Crippen molar-refractivity contribution in [3.63, 3.8) is 0 Å². The summed E-state index contributed by atoms with van der Waals surface area (Å²) in [7, 11) is 1.60. The second-order valence-corrected chi connectivity index (χ2v) is 5.10. The van der Waals surface area contributed by atoms with Crippen molar-refractivity contribution in [1.82, 2.24) is 0 Å². The standard InChI is InChI=1S/C14H21NO3/c1-8-7-9(2)11(12(18-6)10(8)3)15-14(4,5)13(16)17/h7,15H,1-6H3,(H,16,17). The molecule has 100 valence electrons. The van der Waals surface area contributed by atoms with Gasteiger partial charge in [0.05, 0.1) is 12.8 Å². The van der Waals surface area contributed by atoms with Crippen molar-refractivity contribution in [2.45, 2.75) is 40.2 Å². The Hall–Kier alpha value is -1.71. The number of hydrogen-bond acceptors (Lipinski definition) is 3. The van der Waals surface area contributed by atoms with Crippen molar-refractivity contribution in [1.29, 1.82) is 0 Å². The molecule has 0 amide bonds. The molecule has 0 radical (unpaired) electrons. The molecule has 0 saturated heterocycles. The molecule has 0 aliphatic carbocycles. The lowest BCUT2D eigenvalue weighted by Gasteiger charge is -2.26. The van der Waals surface area contributed by atoms with E-state index < -0.39 is 11.5 Å². The van der Waals surface area contributed by atoms with Gasteiger partial charge in [-0.05, 0) is 51.3 Å². The van der Waals surface area contributed by atoms with Gasteiger partial charge in [-0.25, -0.2) is 4.79 Å². The number of carbonyl (C=O) groups is 1. The predicted octanol–water partition coefficient (Wildman–Crippen LogP) is 2.90. The second kappa shape index (κ2) is 4.88. The van der Waals surface area contributed by atoms with Crippen molar-refractivity contribution >= 4 is 11.7 Å². The van der Waals surface area contributed by atoms with E-state index in [-0.39, 0.29) is 0 Å². The number of aryl methyl sites for hydroxylation is 2. The zero-order valence-electron chi connectivity index (χ0n) is 11.8. The molecule has 18 heavy (non-hydrogen) atoms. The summed E-state index contributed by atoms with van der Waals surface area (Å²) in [5, 5.41) is 12.2. The second-order valence-electron chi connectivity index (χ2n) is 5.10. The van der Waals surface area contributed by atoms with Gasteiger partial charge >= 0.3 is 5.97 Å². The van der Waals surface area contributed by atoms with Gasteiger partial charge in [0.2, 0.25) is 0 Å². The van der Waals surface area contributed by atoms with Gasteiger partial charge in [-0.15, -0.1) is 0 Å².